The summed E-state index contributed by atoms with van der Waals surface area (Å²) in [5, 5.41) is 34.7. The van der Waals surface area contributed by atoms with Crippen LogP contribution in [-0.4, -0.2) is 120 Å². The zero-order valence-corrected chi connectivity index (χ0v) is 32.3. The summed E-state index contributed by atoms with van der Waals surface area (Å²) in [5.74, 6) is 8.13. The maximum atomic E-state index is 12.3. The van der Waals surface area contributed by atoms with Gasteiger partial charge in [-0.15, -0.1) is 0 Å². The molecule has 0 bridgehead atoms. The van der Waals surface area contributed by atoms with Crippen molar-refractivity contribution in [3.8, 4) is 35.1 Å². The minimum Gasteiger partial charge on any atom is -0.461 e. The quantitative estimate of drug-likeness (QED) is 0.111. The molecule has 5 amide bonds. The number of fused-ring (bicyclic) bond motifs is 2. The summed E-state index contributed by atoms with van der Waals surface area (Å²) in [6.45, 7) is 3.16. The Bertz CT molecular complexity index is 2570. The van der Waals surface area contributed by atoms with Crippen molar-refractivity contribution in [3.63, 3.8) is 0 Å². The third kappa shape index (κ3) is 7.60. The van der Waals surface area contributed by atoms with Crippen LogP contribution in [0.15, 0.2) is 48.5 Å². The van der Waals surface area contributed by atoms with E-state index in [1.165, 1.54) is 19.2 Å². The van der Waals surface area contributed by atoms with Crippen molar-refractivity contribution in [1.29, 1.82) is 0 Å². The second kappa shape index (κ2) is 15.9. The lowest BCUT2D eigenvalue weighted by atomic mass is 10.0. The van der Waals surface area contributed by atoms with E-state index in [2.05, 4.69) is 44.5 Å². The van der Waals surface area contributed by atoms with Crippen molar-refractivity contribution in [1.82, 2.24) is 46.1 Å². The van der Waals surface area contributed by atoms with Crippen LogP contribution in [0.5, 0.6) is 0 Å². The monoisotopic (exact) mass is 804 g/mol. The van der Waals surface area contributed by atoms with E-state index in [4.69, 9.17) is 10.5 Å². The molecule has 59 heavy (non-hydrogen) atoms. The number of carbonyl (C=O) groups is 6. The van der Waals surface area contributed by atoms with Crippen molar-refractivity contribution in [3.05, 3.63) is 93.6 Å². The summed E-state index contributed by atoms with van der Waals surface area (Å²) in [7, 11) is 3.23. The number of amides is 5. The summed E-state index contributed by atoms with van der Waals surface area (Å²) < 4.78 is 7.79. The molecule has 2 aromatic carbocycles. The van der Waals surface area contributed by atoms with Crippen molar-refractivity contribution >= 4 is 35.5 Å². The summed E-state index contributed by atoms with van der Waals surface area (Å²) in [6.07, 6.45) is 0.481. The van der Waals surface area contributed by atoms with E-state index in [1.807, 2.05) is 0 Å². The summed E-state index contributed by atoms with van der Waals surface area (Å²) in [6, 6.07) is 13.6. The number of hydrogen-bond acceptors (Lipinski definition) is 12. The Balaban J connectivity index is 0.000000195. The summed E-state index contributed by atoms with van der Waals surface area (Å²) >= 11 is 0. The van der Waals surface area contributed by atoms with Gasteiger partial charge in [0.05, 0.1) is 18.0 Å². The average Bonchev–Trinajstić information content (AvgIpc) is 4.06. The number of esters is 1. The van der Waals surface area contributed by atoms with Crippen LogP contribution in [0.3, 0.4) is 0 Å². The van der Waals surface area contributed by atoms with Gasteiger partial charge >= 0.3 is 5.97 Å². The number of likely N-dealkylation sites (tertiary alicyclic amines) is 2. The highest BCUT2D eigenvalue weighted by molar-refractivity contribution is 6.03. The first-order valence-corrected chi connectivity index (χ1v) is 18.1. The maximum Gasteiger partial charge on any atom is 0.359 e. The number of nitrogens with one attached hydrogen (secondary N) is 2. The van der Waals surface area contributed by atoms with E-state index < -0.39 is 34.9 Å². The van der Waals surface area contributed by atoms with Gasteiger partial charge in [0.1, 0.15) is 11.4 Å². The van der Waals surface area contributed by atoms with Crippen molar-refractivity contribution in [2.75, 3.05) is 33.8 Å². The van der Waals surface area contributed by atoms with E-state index >= 15 is 0 Å². The number of hydrogen-bond donors (Lipinski definition) is 6. The lowest BCUT2D eigenvalue weighted by molar-refractivity contribution is -0.138. The molecule has 4 aliphatic heterocycles. The third-order valence-corrected chi connectivity index (χ3v) is 9.98. The molecule has 304 valence electrons. The van der Waals surface area contributed by atoms with Crippen LogP contribution in [-0.2, 0) is 27.4 Å². The van der Waals surface area contributed by atoms with E-state index in [-0.39, 0.29) is 73.3 Å². The van der Waals surface area contributed by atoms with E-state index in [1.54, 1.807) is 69.6 Å². The van der Waals surface area contributed by atoms with Gasteiger partial charge in [-0.25, -0.2) is 14.2 Å². The number of nitrogens with two attached hydrogens (primary N) is 1. The average molecular weight is 805 g/mol. The molecular formula is C40H40N10O9. The molecule has 8 rings (SSSR count). The third-order valence-electron chi connectivity index (χ3n) is 9.98. The van der Waals surface area contributed by atoms with Crippen molar-refractivity contribution < 1.29 is 43.7 Å². The molecule has 9 N–H and O–H groups in total. The highest BCUT2D eigenvalue weighted by Gasteiger charge is 2.43. The smallest absolute Gasteiger partial charge is 0.359 e. The second-order valence-electron chi connectivity index (χ2n) is 13.9. The zero-order chi connectivity index (χ0) is 41.5. The lowest BCUT2D eigenvalue weighted by Crippen LogP contribution is -2.37. The number of likely N-dealkylation sites (N-methyl/N-ethyl adjacent to an activating group) is 2. The SMILES string of the molecule is CCOC(=O)c1nn(-c2cccc(C#C[C@@]3(O)CCN(C)C3=O)c2)c2c1CNC2=O.CN1CC[C@](O)(C#Cc2cccc(-n3nc(C(N)=O)c4c3C(=O)NC4)c2)C1=O.N. The van der Waals surface area contributed by atoms with Gasteiger partial charge in [-0.05, 0) is 43.3 Å². The van der Waals surface area contributed by atoms with Crippen LogP contribution in [0.2, 0.25) is 0 Å². The summed E-state index contributed by atoms with van der Waals surface area (Å²) in [4.78, 5) is 75.4. The van der Waals surface area contributed by atoms with E-state index in [0.717, 1.165) is 0 Å². The molecule has 0 spiro atoms. The minimum atomic E-state index is -1.70. The molecule has 0 radical (unpaired) electrons. The Morgan fingerprint density at radius 1 is 0.780 bits per heavy atom. The van der Waals surface area contributed by atoms with Gasteiger partial charge in [-0.2, -0.15) is 10.2 Å². The van der Waals surface area contributed by atoms with Crippen LogP contribution in [0.25, 0.3) is 11.4 Å². The maximum absolute atomic E-state index is 12.3. The number of nitrogens with zero attached hydrogens (tertiary/aromatic N) is 6. The molecule has 19 heteroatoms. The molecular weight excluding hydrogens is 765 g/mol. The molecule has 2 saturated heterocycles. The number of aromatic nitrogens is 4. The highest BCUT2D eigenvalue weighted by atomic mass is 16.5. The molecule has 2 aromatic heterocycles. The second-order valence-corrected chi connectivity index (χ2v) is 13.9. The first-order valence-electron chi connectivity index (χ1n) is 18.1. The van der Waals surface area contributed by atoms with E-state index in [9.17, 15) is 39.0 Å². The van der Waals surface area contributed by atoms with Crippen molar-refractivity contribution in [2.45, 2.75) is 44.1 Å². The number of carbonyl (C=O) groups excluding carboxylic acids is 6. The fourth-order valence-corrected chi connectivity index (χ4v) is 6.86. The van der Waals surface area contributed by atoms with Gasteiger partial charge in [-0.1, -0.05) is 35.8 Å². The van der Waals surface area contributed by atoms with Crippen LogP contribution in [0, 0.1) is 23.7 Å². The van der Waals surface area contributed by atoms with Crippen LogP contribution in [0.4, 0.5) is 0 Å². The Labute approximate surface area is 337 Å². The molecule has 4 aliphatic rings. The number of primary amides is 1. The number of benzene rings is 2. The van der Waals surface area contributed by atoms with Gasteiger partial charge in [0.15, 0.2) is 11.4 Å². The Morgan fingerprint density at radius 3 is 1.63 bits per heavy atom. The fraction of sp³-hybridized carbons (Fsp3) is 0.300. The van der Waals surface area contributed by atoms with Crippen LogP contribution in [0.1, 0.15) is 84.0 Å². The lowest BCUT2D eigenvalue weighted by Gasteiger charge is -2.13. The first-order chi connectivity index (χ1) is 27.6. The van der Waals surface area contributed by atoms with Crippen LogP contribution < -0.4 is 22.5 Å². The predicted molar refractivity (Wildman–Crippen MR) is 207 cm³/mol. The van der Waals surface area contributed by atoms with Gasteiger partial charge in [0.2, 0.25) is 11.2 Å². The fourth-order valence-electron chi connectivity index (χ4n) is 6.86. The number of ether oxygens (including phenoxy) is 1. The minimum absolute atomic E-state index is 0. The van der Waals surface area contributed by atoms with Crippen molar-refractivity contribution in [2.24, 2.45) is 5.73 Å². The summed E-state index contributed by atoms with van der Waals surface area (Å²) in [5.41, 5.74) is 5.67. The Kier molecular flexibility index (Phi) is 11.1. The first kappa shape index (κ1) is 41.3. The molecule has 6 heterocycles. The normalized spacial score (nSPS) is 19.9. The topological polar surface area (TPSA) is 279 Å². The van der Waals surface area contributed by atoms with Crippen LogP contribution >= 0.6 is 0 Å². The molecule has 2 fully saturated rings. The molecule has 0 saturated carbocycles. The van der Waals surface area contributed by atoms with E-state index in [0.29, 0.717) is 46.7 Å². The zero-order valence-electron chi connectivity index (χ0n) is 32.3. The highest BCUT2D eigenvalue weighted by Crippen LogP contribution is 2.27. The molecule has 19 nitrogen and oxygen atoms in total. The number of aliphatic hydroxyl groups is 2. The van der Waals surface area contributed by atoms with Gasteiger partial charge in [0, 0.05) is 75.4 Å². The molecule has 2 atom stereocenters. The Morgan fingerprint density at radius 2 is 1.22 bits per heavy atom. The predicted octanol–water partition coefficient (Wildman–Crippen LogP) is -0.442. The standard InChI is InChI=1S/C21H20N4O5.C19H17N5O4.H3N/c1-3-30-19(27)16-15-12-22-18(26)17(15)25(23-16)14-6-4-5-13(11-14)7-8-21(29)9-10-24(2)20(21)28;1-23-8-7-19(28,18(23)27)6-5-11-3-2-4-12(9-11)24-15-13(10-21-17(15)26)14(22-24)16(20)25;/h4-6,11,29H,3,9-10,12H2,1-2H3,(H,22,26);2-4,9,28H,7-8,10H2,1H3,(H2,20,25)(H,21,26);1H3/t21-;19-;/m11./s1. The van der Waals surface area contributed by atoms with Gasteiger partial charge in [0.25, 0.3) is 29.5 Å². The molecule has 4 aromatic rings. The van der Waals surface area contributed by atoms with Gasteiger partial charge in [-0.3, -0.25) is 24.0 Å². The molecule has 0 aliphatic carbocycles. The number of rotatable bonds is 5. The molecule has 0 unspecified atom stereocenters. The Hall–Kier alpha value is -7.32. The van der Waals surface area contributed by atoms with Gasteiger partial charge < -0.3 is 47.3 Å². The largest absolute Gasteiger partial charge is 0.461 e.